The third-order valence-corrected chi connectivity index (χ3v) is 4.48. The molecule has 0 unspecified atom stereocenters. The van der Waals surface area contributed by atoms with Crippen LogP contribution in [0.25, 0.3) is 0 Å². The highest BCUT2D eigenvalue weighted by Gasteiger charge is 2.46. The van der Waals surface area contributed by atoms with Gasteiger partial charge in [-0.3, -0.25) is 4.79 Å². The van der Waals surface area contributed by atoms with Gasteiger partial charge in [0.25, 0.3) is 0 Å². The first-order valence-electron chi connectivity index (χ1n) is 7.46. The highest BCUT2D eigenvalue weighted by Crippen LogP contribution is 2.26. The zero-order valence-electron chi connectivity index (χ0n) is 13.2. The number of urea groups is 1. The third kappa shape index (κ3) is 2.38. The maximum Gasteiger partial charge on any atom is 0.321 e. The highest BCUT2D eigenvalue weighted by molar-refractivity contribution is 5.89. The Kier molecular flexibility index (Phi) is 3.68. The van der Waals surface area contributed by atoms with Gasteiger partial charge in [0.05, 0.1) is 13.2 Å². The van der Waals surface area contributed by atoms with Crippen molar-refractivity contribution in [3.05, 3.63) is 29.8 Å². The largest absolute Gasteiger partial charge is 0.497 e. The predicted molar refractivity (Wildman–Crippen MR) is 81.5 cm³/mol. The van der Waals surface area contributed by atoms with Gasteiger partial charge >= 0.3 is 6.03 Å². The molecule has 6 heteroatoms. The number of hydrogen-bond donors (Lipinski definition) is 0. The average molecular weight is 303 g/mol. The van der Waals surface area contributed by atoms with Crippen LogP contribution in [0.5, 0.6) is 5.75 Å². The molecule has 0 bridgehead atoms. The number of carbonyl (C=O) groups is 2. The van der Waals surface area contributed by atoms with Gasteiger partial charge in [-0.15, -0.1) is 0 Å². The van der Waals surface area contributed by atoms with Gasteiger partial charge < -0.3 is 19.4 Å². The monoisotopic (exact) mass is 303 g/mol. The van der Waals surface area contributed by atoms with Crippen LogP contribution in [0, 0.1) is 0 Å². The molecular weight excluding hydrogens is 282 g/mol. The summed E-state index contributed by atoms with van der Waals surface area (Å²) in [4.78, 5) is 29.9. The summed E-state index contributed by atoms with van der Waals surface area (Å²) in [5.74, 6) is 0.811. The normalized spacial score (nSPS) is 24.8. The molecule has 0 radical (unpaired) electrons. The van der Waals surface area contributed by atoms with Crippen molar-refractivity contribution in [2.45, 2.75) is 25.6 Å². The summed E-state index contributed by atoms with van der Waals surface area (Å²) >= 11 is 0. The van der Waals surface area contributed by atoms with Crippen molar-refractivity contribution in [2.24, 2.45) is 0 Å². The summed E-state index contributed by atoms with van der Waals surface area (Å²) < 4.78 is 5.14. The number of ether oxygens (including phenoxy) is 1. The minimum Gasteiger partial charge on any atom is -0.497 e. The topological polar surface area (TPSA) is 53.1 Å². The summed E-state index contributed by atoms with van der Waals surface area (Å²) in [5.41, 5.74) is 1.06. The summed E-state index contributed by atoms with van der Waals surface area (Å²) in [6.07, 6.45) is 0. The van der Waals surface area contributed by atoms with Crippen LogP contribution >= 0.6 is 0 Å². The lowest BCUT2D eigenvalue weighted by Crippen LogP contribution is -2.58. The lowest BCUT2D eigenvalue weighted by molar-refractivity contribution is -0.139. The second-order valence-corrected chi connectivity index (χ2v) is 5.97. The number of piperazine rings is 1. The van der Waals surface area contributed by atoms with E-state index < -0.39 is 0 Å². The fourth-order valence-corrected chi connectivity index (χ4v) is 3.30. The van der Waals surface area contributed by atoms with Crippen molar-refractivity contribution in [1.29, 1.82) is 0 Å². The maximum atomic E-state index is 12.6. The average Bonchev–Trinajstić information content (AvgIpc) is 2.82. The Morgan fingerprint density at radius 1 is 1.18 bits per heavy atom. The molecule has 3 rings (SSSR count). The number of amides is 3. The second kappa shape index (κ2) is 5.51. The Balaban J connectivity index is 1.73. The highest BCUT2D eigenvalue weighted by atomic mass is 16.5. The number of fused-ring (bicyclic) bond motifs is 1. The number of rotatable bonds is 3. The maximum absolute atomic E-state index is 12.6. The molecule has 0 saturated carbocycles. The number of nitrogens with zero attached hydrogens (tertiary/aromatic N) is 3. The Hall–Kier alpha value is -2.24. The van der Waals surface area contributed by atoms with Crippen LogP contribution in [0.1, 0.15) is 12.5 Å². The van der Waals surface area contributed by atoms with Gasteiger partial charge in [-0.25, -0.2) is 4.79 Å². The molecule has 118 valence electrons. The van der Waals surface area contributed by atoms with Crippen molar-refractivity contribution >= 4 is 11.9 Å². The molecule has 2 saturated heterocycles. The van der Waals surface area contributed by atoms with Crippen LogP contribution in [0.2, 0.25) is 0 Å². The van der Waals surface area contributed by atoms with E-state index in [4.69, 9.17) is 4.74 Å². The van der Waals surface area contributed by atoms with Crippen LogP contribution in [-0.4, -0.2) is 66.0 Å². The van der Waals surface area contributed by atoms with E-state index in [1.165, 1.54) is 0 Å². The van der Waals surface area contributed by atoms with Crippen LogP contribution in [-0.2, 0) is 11.3 Å². The SMILES string of the molecule is COc1ccc(CN2C[C@H]3CN(C)C(=O)[C@H](C)N3C2=O)cc1. The predicted octanol–water partition coefficient (Wildman–Crippen LogP) is 1.16. The lowest BCUT2D eigenvalue weighted by Gasteiger charge is -2.38. The van der Waals surface area contributed by atoms with Crippen molar-refractivity contribution in [3.8, 4) is 5.75 Å². The second-order valence-electron chi connectivity index (χ2n) is 5.97. The Bertz CT molecular complexity index is 587. The Labute approximate surface area is 130 Å². The van der Waals surface area contributed by atoms with Crippen molar-refractivity contribution < 1.29 is 14.3 Å². The van der Waals surface area contributed by atoms with Gasteiger partial charge in [-0.05, 0) is 24.6 Å². The van der Waals surface area contributed by atoms with Crippen molar-refractivity contribution in [1.82, 2.24) is 14.7 Å². The molecule has 2 aliphatic rings. The van der Waals surface area contributed by atoms with Gasteiger partial charge in [0.15, 0.2) is 0 Å². The van der Waals surface area contributed by atoms with Gasteiger partial charge in [-0.1, -0.05) is 12.1 Å². The third-order valence-electron chi connectivity index (χ3n) is 4.48. The summed E-state index contributed by atoms with van der Waals surface area (Å²) in [6.45, 7) is 3.63. The summed E-state index contributed by atoms with van der Waals surface area (Å²) in [5, 5.41) is 0. The fraction of sp³-hybridized carbons (Fsp3) is 0.500. The number of carbonyl (C=O) groups excluding carboxylic acids is 2. The van der Waals surface area contributed by atoms with Crippen molar-refractivity contribution in [2.75, 3.05) is 27.2 Å². The number of benzene rings is 1. The van der Waals surface area contributed by atoms with Gasteiger partial charge in [0.2, 0.25) is 5.91 Å². The molecule has 0 aromatic heterocycles. The van der Waals surface area contributed by atoms with Gasteiger partial charge in [0, 0.05) is 26.7 Å². The molecule has 2 fully saturated rings. The smallest absolute Gasteiger partial charge is 0.321 e. The number of methoxy groups -OCH3 is 1. The summed E-state index contributed by atoms with van der Waals surface area (Å²) in [7, 11) is 3.43. The minimum absolute atomic E-state index is 0.0101. The minimum atomic E-state index is -0.378. The molecule has 2 aliphatic heterocycles. The first-order chi connectivity index (χ1) is 10.5. The van der Waals surface area contributed by atoms with E-state index in [1.54, 1.807) is 30.9 Å². The first kappa shape index (κ1) is 14.7. The quantitative estimate of drug-likeness (QED) is 0.842. The molecule has 1 aromatic carbocycles. The zero-order chi connectivity index (χ0) is 15.9. The van der Waals surface area contributed by atoms with Crippen LogP contribution in [0.4, 0.5) is 4.79 Å². The molecule has 0 N–H and O–H groups in total. The van der Waals surface area contributed by atoms with Crippen LogP contribution in [0.3, 0.4) is 0 Å². The standard InChI is InChI=1S/C16H21N3O3/c1-11-15(20)17(2)9-13-10-18(16(21)19(11)13)8-12-4-6-14(22-3)7-5-12/h4-7,11,13H,8-10H2,1-3H3/t11-,13+/m0/s1. The van der Waals surface area contributed by atoms with Crippen molar-refractivity contribution in [3.63, 3.8) is 0 Å². The van der Waals surface area contributed by atoms with E-state index in [9.17, 15) is 9.59 Å². The van der Waals surface area contributed by atoms with Crippen LogP contribution < -0.4 is 4.74 Å². The molecule has 0 aliphatic carbocycles. The van der Waals surface area contributed by atoms with E-state index in [-0.39, 0.29) is 24.0 Å². The molecule has 22 heavy (non-hydrogen) atoms. The molecular formula is C16H21N3O3. The van der Waals surface area contributed by atoms with Gasteiger partial charge in [0.1, 0.15) is 11.8 Å². The van der Waals surface area contributed by atoms with E-state index in [0.29, 0.717) is 19.6 Å². The zero-order valence-corrected chi connectivity index (χ0v) is 13.2. The molecule has 0 spiro atoms. The molecule has 6 nitrogen and oxygen atoms in total. The first-order valence-corrected chi connectivity index (χ1v) is 7.46. The lowest BCUT2D eigenvalue weighted by atomic mass is 10.1. The van der Waals surface area contributed by atoms with E-state index in [2.05, 4.69) is 0 Å². The fourth-order valence-electron chi connectivity index (χ4n) is 3.30. The molecule has 1 aromatic rings. The van der Waals surface area contributed by atoms with E-state index in [0.717, 1.165) is 11.3 Å². The van der Waals surface area contributed by atoms with Gasteiger partial charge in [-0.2, -0.15) is 0 Å². The Morgan fingerprint density at radius 2 is 1.86 bits per heavy atom. The number of hydrogen-bond acceptors (Lipinski definition) is 3. The molecule has 3 amide bonds. The van der Waals surface area contributed by atoms with E-state index >= 15 is 0 Å². The number of likely N-dealkylation sites (N-methyl/N-ethyl adjacent to an activating group) is 1. The van der Waals surface area contributed by atoms with E-state index in [1.807, 2.05) is 29.2 Å². The molecule has 2 atom stereocenters. The molecule has 2 heterocycles. The Morgan fingerprint density at radius 3 is 2.50 bits per heavy atom. The summed E-state index contributed by atoms with van der Waals surface area (Å²) in [6, 6.07) is 7.37. The van der Waals surface area contributed by atoms with Crippen LogP contribution in [0.15, 0.2) is 24.3 Å².